The van der Waals surface area contributed by atoms with E-state index >= 15 is 0 Å². The van der Waals surface area contributed by atoms with E-state index in [-0.39, 0.29) is 16.7 Å². The molecular formula is C16H15BrCl2. The van der Waals surface area contributed by atoms with Crippen LogP contribution in [0.4, 0.5) is 0 Å². The fraction of sp³-hybridized carbons (Fsp3) is 0.250. The van der Waals surface area contributed by atoms with Crippen molar-refractivity contribution in [3.05, 3.63) is 70.2 Å². The van der Waals surface area contributed by atoms with Crippen molar-refractivity contribution in [1.82, 2.24) is 0 Å². The average Bonchev–Trinajstić information content (AvgIpc) is 2.46. The molecule has 0 saturated heterocycles. The molecule has 0 heterocycles. The van der Waals surface area contributed by atoms with Gasteiger partial charge in [0.15, 0.2) is 0 Å². The van der Waals surface area contributed by atoms with Gasteiger partial charge in [-0.3, -0.25) is 0 Å². The van der Waals surface area contributed by atoms with Crippen LogP contribution in [-0.4, -0.2) is 0 Å². The average molecular weight is 358 g/mol. The molecule has 3 heteroatoms. The topological polar surface area (TPSA) is 0 Å². The maximum Gasteiger partial charge on any atom is 0.0628 e. The molecule has 0 aliphatic rings. The summed E-state index contributed by atoms with van der Waals surface area (Å²) in [5.41, 5.74) is 2.21. The van der Waals surface area contributed by atoms with Gasteiger partial charge in [0.25, 0.3) is 0 Å². The number of benzene rings is 2. The number of alkyl halides is 2. The molecule has 3 atom stereocenters. The van der Waals surface area contributed by atoms with E-state index in [0.717, 1.165) is 15.6 Å². The summed E-state index contributed by atoms with van der Waals surface area (Å²) in [6.45, 7) is 2.09. The zero-order valence-corrected chi connectivity index (χ0v) is 13.7. The van der Waals surface area contributed by atoms with Crippen LogP contribution in [0.5, 0.6) is 0 Å². The first-order valence-electron chi connectivity index (χ1n) is 6.18. The molecule has 0 radical (unpaired) electrons. The van der Waals surface area contributed by atoms with Crippen LogP contribution in [0.1, 0.15) is 28.8 Å². The minimum atomic E-state index is -0.101. The summed E-state index contributed by atoms with van der Waals surface area (Å²) in [7, 11) is 0. The highest BCUT2D eigenvalue weighted by Gasteiger charge is 2.25. The first kappa shape index (κ1) is 14.9. The fourth-order valence-corrected chi connectivity index (χ4v) is 2.96. The summed E-state index contributed by atoms with van der Waals surface area (Å²) in [5.74, 6) is 0.145. The van der Waals surface area contributed by atoms with Gasteiger partial charge in [-0.15, -0.1) is 23.2 Å². The molecule has 0 spiro atoms. The van der Waals surface area contributed by atoms with Gasteiger partial charge in [-0.2, -0.15) is 0 Å². The van der Waals surface area contributed by atoms with E-state index in [1.807, 2.05) is 54.6 Å². The fourth-order valence-electron chi connectivity index (χ4n) is 2.04. The highest BCUT2D eigenvalue weighted by atomic mass is 79.9. The van der Waals surface area contributed by atoms with Crippen molar-refractivity contribution in [3.8, 4) is 0 Å². The van der Waals surface area contributed by atoms with E-state index in [2.05, 4.69) is 22.9 Å². The van der Waals surface area contributed by atoms with Crippen molar-refractivity contribution >= 4 is 39.1 Å². The molecule has 2 rings (SSSR count). The standard InChI is InChI=1S/C16H15BrCl2/c1-11(15(18)12-5-3-2-4-6-12)16(19)13-7-9-14(17)10-8-13/h2-11,15-16H,1H3/t11-,15+,16?/m0/s1. The molecular weight excluding hydrogens is 343 g/mol. The Morgan fingerprint density at radius 3 is 1.79 bits per heavy atom. The molecule has 100 valence electrons. The van der Waals surface area contributed by atoms with Gasteiger partial charge in [-0.1, -0.05) is 65.3 Å². The summed E-state index contributed by atoms with van der Waals surface area (Å²) >= 11 is 16.5. The number of rotatable bonds is 4. The number of hydrogen-bond donors (Lipinski definition) is 0. The third-order valence-electron chi connectivity index (χ3n) is 3.23. The molecule has 0 aliphatic heterocycles. The number of halogens is 3. The van der Waals surface area contributed by atoms with Gasteiger partial charge in [0, 0.05) is 4.47 Å². The summed E-state index contributed by atoms with van der Waals surface area (Å²) in [6, 6.07) is 18.1. The van der Waals surface area contributed by atoms with Crippen LogP contribution in [0, 0.1) is 5.92 Å². The van der Waals surface area contributed by atoms with E-state index in [1.54, 1.807) is 0 Å². The molecule has 0 nitrogen and oxygen atoms in total. The van der Waals surface area contributed by atoms with Gasteiger partial charge in [0.2, 0.25) is 0 Å². The first-order valence-corrected chi connectivity index (χ1v) is 7.84. The molecule has 0 saturated carbocycles. The van der Waals surface area contributed by atoms with Gasteiger partial charge >= 0.3 is 0 Å². The van der Waals surface area contributed by atoms with Crippen LogP contribution < -0.4 is 0 Å². The van der Waals surface area contributed by atoms with E-state index in [0.29, 0.717) is 0 Å². The highest BCUT2D eigenvalue weighted by Crippen LogP contribution is 2.40. The lowest BCUT2D eigenvalue weighted by Crippen LogP contribution is -2.10. The summed E-state index contributed by atoms with van der Waals surface area (Å²) in [6.07, 6.45) is 0. The number of hydrogen-bond acceptors (Lipinski definition) is 0. The Labute approximate surface area is 132 Å². The smallest absolute Gasteiger partial charge is 0.0628 e. The third-order valence-corrected chi connectivity index (χ3v) is 5.06. The van der Waals surface area contributed by atoms with Crippen LogP contribution in [0.25, 0.3) is 0 Å². The van der Waals surface area contributed by atoms with Gasteiger partial charge < -0.3 is 0 Å². The molecule has 2 aromatic carbocycles. The van der Waals surface area contributed by atoms with Gasteiger partial charge in [-0.25, -0.2) is 0 Å². The SMILES string of the molecule is C[C@H](C(Cl)c1ccc(Br)cc1)[C@@H](Cl)c1ccccc1. The molecule has 0 amide bonds. The Morgan fingerprint density at radius 1 is 0.789 bits per heavy atom. The Kier molecular flexibility index (Phi) is 5.32. The quantitative estimate of drug-likeness (QED) is 0.559. The maximum absolute atomic E-state index is 6.55. The zero-order valence-electron chi connectivity index (χ0n) is 10.6. The second kappa shape index (κ2) is 6.78. The largest absolute Gasteiger partial charge is 0.117 e. The molecule has 0 bridgehead atoms. The second-order valence-corrected chi connectivity index (χ2v) is 6.48. The normalized spacial score (nSPS) is 15.8. The van der Waals surface area contributed by atoms with Crippen molar-refractivity contribution < 1.29 is 0 Å². The van der Waals surface area contributed by atoms with Crippen molar-refractivity contribution in [1.29, 1.82) is 0 Å². The van der Waals surface area contributed by atoms with Crippen LogP contribution in [0.2, 0.25) is 0 Å². The molecule has 0 N–H and O–H groups in total. The molecule has 1 unspecified atom stereocenters. The van der Waals surface area contributed by atoms with Gasteiger partial charge in [0.05, 0.1) is 10.8 Å². The van der Waals surface area contributed by atoms with E-state index in [9.17, 15) is 0 Å². The Hall–Kier alpha value is -0.500. The first-order chi connectivity index (χ1) is 9.09. The Bertz CT molecular complexity index is 510. The van der Waals surface area contributed by atoms with Crippen molar-refractivity contribution in [3.63, 3.8) is 0 Å². The minimum absolute atomic E-state index is 0.0904. The summed E-state index contributed by atoms with van der Waals surface area (Å²) < 4.78 is 1.05. The Morgan fingerprint density at radius 2 is 1.26 bits per heavy atom. The van der Waals surface area contributed by atoms with Crippen molar-refractivity contribution in [2.45, 2.75) is 17.7 Å². The molecule has 0 aliphatic carbocycles. The predicted octanol–water partition coefficient (Wildman–Crippen LogP) is 6.35. The predicted molar refractivity (Wildman–Crippen MR) is 86.9 cm³/mol. The lowest BCUT2D eigenvalue weighted by atomic mass is 9.93. The van der Waals surface area contributed by atoms with E-state index in [4.69, 9.17) is 23.2 Å². The van der Waals surface area contributed by atoms with Gasteiger partial charge in [0.1, 0.15) is 0 Å². The molecule has 2 aromatic rings. The molecule has 0 aromatic heterocycles. The maximum atomic E-state index is 6.55. The van der Waals surface area contributed by atoms with Crippen molar-refractivity contribution in [2.24, 2.45) is 5.92 Å². The second-order valence-electron chi connectivity index (χ2n) is 4.62. The van der Waals surface area contributed by atoms with Crippen LogP contribution >= 0.6 is 39.1 Å². The van der Waals surface area contributed by atoms with Gasteiger partial charge in [-0.05, 0) is 29.2 Å². The van der Waals surface area contributed by atoms with E-state index in [1.165, 1.54) is 0 Å². The molecule has 0 fully saturated rings. The lowest BCUT2D eigenvalue weighted by Gasteiger charge is -2.23. The van der Waals surface area contributed by atoms with E-state index < -0.39 is 0 Å². The summed E-state index contributed by atoms with van der Waals surface area (Å²) in [4.78, 5) is 0. The highest BCUT2D eigenvalue weighted by molar-refractivity contribution is 9.10. The summed E-state index contributed by atoms with van der Waals surface area (Å²) in [5, 5.41) is -0.192. The zero-order chi connectivity index (χ0) is 13.8. The van der Waals surface area contributed by atoms with Crippen LogP contribution in [0.15, 0.2) is 59.1 Å². The van der Waals surface area contributed by atoms with Crippen molar-refractivity contribution in [2.75, 3.05) is 0 Å². The minimum Gasteiger partial charge on any atom is -0.117 e. The lowest BCUT2D eigenvalue weighted by molar-refractivity contribution is 0.541. The third kappa shape index (κ3) is 3.75. The van der Waals surface area contributed by atoms with Crippen LogP contribution in [-0.2, 0) is 0 Å². The van der Waals surface area contributed by atoms with Crippen LogP contribution in [0.3, 0.4) is 0 Å². The molecule has 19 heavy (non-hydrogen) atoms. The Balaban J connectivity index is 2.15. The monoisotopic (exact) mass is 356 g/mol.